The molecule has 0 unspecified atom stereocenters. The molecule has 0 bridgehead atoms. The number of anilines is 2. The Morgan fingerprint density at radius 2 is 1.61 bits per heavy atom. The van der Waals surface area contributed by atoms with Crippen molar-refractivity contribution < 1.29 is 17.9 Å². The van der Waals surface area contributed by atoms with E-state index >= 15 is 0 Å². The van der Waals surface area contributed by atoms with E-state index in [-0.39, 0.29) is 12.3 Å². The molecule has 7 nitrogen and oxygen atoms in total. The fourth-order valence-corrected chi connectivity index (χ4v) is 6.74. The molecule has 1 aliphatic heterocycles. The fraction of sp³-hybridized carbons (Fsp3) is 0.167. The maximum atomic E-state index is 13.5. The van der Waals surface area contributed by atoms with E-state index in [0.29, 0.717) is 22.7 Å². The molecule has 1 aliphatic rings. The summed E-state index contributed by atoms with van der Waals surface area (Å²) in [6.07, 6.45) is -1.01. The molecule has 6 rings (SSSR count). The molecule has 8 heteroatoms. The number of carbonyl (C=O) groups is 1. The monoisotopic (exact) mass is 525 g/mol. The zero-order valence-corrected chi connectivity index (χ0v) is 21.7. The second-order valence-electron chi connectivity index (χ2n) is 9.33. The number of nitrogens with zero attached hydrogens (tertiary/aromatic N) is 2. The van der Waals surface area contributed by atoms with Crippen LogP contribution in [0.3, 0.4) is 0 Å². The number of aryl methyl sites for hydroxylation is 1. The number of hydrogen-bond donors (Lipinski definition) is 1. The number of ether oxygens (including phenoxy) is 1. The Morgan fingerprint density at radius 3 is 2.42 bits per heavy atom. The zero-order chi connectivity index (χ0) is 26.3. The van der Waals surface area contributed by atoms with Crippen LogP contribution in [0.4, 0.5) is 11.4 Å². The first-order valence-electron chi connectivity index (χ1n) is 12.6. The predicted octanol–water partition coefficient (Wildman–Crippen LogP) is 5.55. The second kappa shape index (κ2) is 9.54. The van der Waals surface area contributed by atoms with Crippen LogP contribution < -0.4 is 14.4 Å². The van der Waals surface area contributed by atoms with Gasteiger partial charge in [0.1, 0.15) is 5.75 Å². The average molecular weight is 526 g/mol. The minimum absolute atomic E-state index is 0.116. The number of carbonyl (C=O) groups excluding carboxylic acids is 1. The molecule has 1 atom stereocenters. The van der Waals surface area contributed by atoms with Crippen LogP contribution in [0.2, 0.25) is 0 Å². The molecular formula is C30H27N3O4S. The first-order valence-corrected chi connectivity index (χ1v) is 14.2. The van der Waals surface area contributed by atoms with Gasteiger partial charge in [0.05, 0.1) is 18.0 Å². The van der Waals surface area contributed by atoms with E-state index in [4.69, 9.17) is 4.74 Å². The van der Waals surface area contributed by atoms with Gasteiger partial charge in [0.15, 0.2) is 6.10 Å². The smallest absolute Gasteiger partial charge is 0.267 e. The van der Waals surface area contributed by atoms with Crippen LogP contribution in [0.25, 0.3) is 21.8 Å². The molecule has 0 radical (unpaired) electrons. The summed E-state index contributed by atoms with van der Waals surface area (Å²) in [5.74, 6) is -0.218. The number of para-hydroxylation sites is 3. The third kappa shape index (κ3) is 4.26. The fourth-order valence-electron chi connectivity index (χ4n) is 5.16. The topological polar surface area (TPSA) is 80.6 Å². The van der Waals surface area contributed by atoms with Crippen molar-refractivity contribution in [3.05, 3.63) is 103 Å². The van der Waals surface area contributed by atoms with E-state index in [2.05, 4.69) is 28.9 Å². The van der Waals surface area contributed by atoms with Crippen molar-refractivity contribution in [2.45, 2.75) is 25.3 Å². The van der Waals surface area contributed by atoms with Crippen molar-refractivity contribution in [1.82, 2.24) is 4.57 Å². The SMILES string of the molecule is CCn1c2ccccc2c2cc(NC(=O)[C@H]3CN(S(=O)(=O)Cc4ccccc4)c4ccccc4O3)ccc21. The maximum Gasteiger partial charge on any atom is 0.267 e. The van der Waals surface area contributed by atoms with Crippen LogP contribution in [-0.2, 0) is 27.1 Å². The van der Waals surface area contributed by atoms with Gasteiger partial charge < -0.3 is 14.6 Å². The van der Waals surface area contributed by atoms with E-state index in [0.717, 1.165) is 28.4 Å². The third-order valence-corrected chi connectivity index (χ3v) is 8.63. The molecule has 0 saturated heterocycles. The number of rotatable bonds is 6. The van der Waals surface area contributed by atoms with Crippen LogP contribution in [0.15, 0.2) is 97.1 Å². The normalized spacial score (nSPS) is 15.3. The van der Waals surface area contributed by atoms with Crippen LogP contribution in [0.1, 0.15) is 12.5 Å². The van der Waals surface area contributed by atoms with E-state index < -0.39 is 22.0 Å². The van der Waals surface area contributed by atoms with E-state index in [9.17, 15) is 13.2 Å². The molecule has 1 aromatic heterocycles. The van der Waals surface area contributed by atoms with Crippen LogP contribution in [-0.4, -0.2) is 31.5 Å². The van der Waals surface area contributed by atoms with Gasteiger partial charge in [-0.15, -0.1) is 0 Å². The van der Waals surface area contributed by atoms with Crippen molar-refractivity contribution in [3.8, 4) is 5.75 Å². The van der Waals surface area contributed by atoms with Crippen molar-refractivity contribution in [2.24, 2.45) is 0 Å². The van der Waals surface area contributed by atoms with Crippen molar-refractivity contribution in [1.29, 1.82) is 0 Å². The number of sulfonamides is 1. The summed E-state index contributed by atoms with van der Waals surface area (Å²) in [4.78, 5) is 13.4. The molecule has 0 aliphatic carbocycles. The van der Waals surface area contributed by atoms with Crippen molar-refractivity contribution in [3.63, 3.8) is 0 Å². The molecule has 192 valence electrons. The lowest BCUT2D eigenvalue weighted by Crippen LogP contribution is -2.49. The van der Waals surface area contributed by atoms with Crippen LogP contribution in [0, 0.1) is 0 Å². The highest BCUT2D eigenvalue weighted by Gasteiger charge is 2.36. The molecule has 2 heterocycles. The van der Waals surface area contributed by atoms with Gasteiger partial charge in [-0.2, -0.15) is 0 Å². The molecule has 5 aromatic rings. The number of nitrogens with one attached hydrogen (secondary N) is 1. The van der Waals surface area contributed by atoms with Crippen LogP contribution >= 0.6 is 0 Å². The summed E-state index contributed by atoms with van der Waals surface area (Å²) in [6, 6.07) is 29.9. The Labute approximate surface area is 221 Å². The third-order valence-electron chi connectivity index (χ3n) is 6.91. The standard InChI is InChI=1S/C30H27N3O4S/c1-2-32-25-13-7-6-12-23(25)24-18-22(16-17-26(24)32)31-30(34)29-19-33(27-14-8-9-15-28(27)37-29)38(35,36)20-21-10-4-3-5-11-21/h3-18,29H,2,19-20H2,1H3,(H,31,34)/t29-/m1/s1. The van der Waals surface area contributed by atoms with Gasteiger partial charge in [-0.05, 0) is 48.9 Å². The molecule has 0 saturated carbocycles. The molecule has 0 spiro atoms. The summed E-state index contributed by atoms with van der Waals surface area (Å²) in [5.41, 5.74) is 3.97. The summed E-state index contributed by atoms with van der Waals surface area (Å²) in [6.45, 7) is 2.82. The van der Waals surface area contributed by atoms with E-state index in [1.807, 2.05) is 48.5 Å². The lowest BCUT2D eigenvalue weighted by molar-refractivity contribution is -0.122. The van der Waals surface area contributed by atoms with Gasteiger partial charge in [-0.1, -0.05) is 60.7 Å². The van der Waals surface area contributed by atoms with Gasteiger partial charge in [-0.3, -0.25) is 9.10 Å². The molecule has 0 fully saturated rings. The number of hydrogen-bond acceptors (Lipinski definition) is 4. The Morgan fingerprint density at radius 1 is 0.895 bits per heavy atom. The van der Waals surface area contributed by atoms with Gasteiger partial charge in [0, 0.05) is 34.0 Å². The zero-order valence-electron chi connectivity index (χ0n) is 20.9. The van der Waals surface area contributed by atoms with Crippen molar-refractivity contribution in [2.75, 3.05) is 16.2 Å². The minimum atomic E-state index is -3.77. The first kappa shape index (κ1) is 24.1. The first-order chi connectivity index (χ1) is 18.4. The maximum absolute atomic E-state index is 13.5. The summed E-state index contributed by atoms with van der Waals surface area (Å²) < 4.78 is 36.5. The van der Waals surface area contributed by atoms with E-state index in [1.54, 1.807) is 36.4 Å². The quantitative estimate of drug-likeness (QED) is 0.315. The minimum Gasteiger partial charge on any atom is -0.476 e. The predicted molar refractivity (Wildman–Crippen MR) is 151 cm³/mol. The van der Waals surface area contributed by atoms with Gasteiger partial charge in [0.2, 0.25) is 10.0 Å². The molecule has 38 heavy (non-hydrogen) atoms. The lowest BCUT2D eigenvalue weighted by atomic mass is 10.1. The highest BCUT2D eigenvalue weighted by molar-refractivity contribution is 7.92. The molecule has 1 N–H and O–H groups in total. The second-order valence-corrected chi connectivity index (χ2v) is 11.2. The van der Waals surface area contributed by atoms with Crippen LogP contribution in [0.5, 0.6) is 5.75 Å². The van der Waals surface area contributed by atoms with Crippen molar-refractivity contribution >= 4 is 49.1 Å². The molecule has 1 amide bonds. The highest BCUT2D eigenvalue weighted by Crippen LogP contribution is 2.36. The summed E-state index contributed by atoms with van der Waals surface area (Å²) in [5, 5.41) is 5.11. The number of fused-ring (bicyclic) bond motifs is 4. The number of amides is 1. The van der Waals surface area contributed by atoms with Gasteiger partial charge in [0.25, 0.3) is 5.91 Å². The van der Waals surface area contributed by atoms with Gasteiger partial charge >= 0.3 is 0 Å². The Bertz CT molecular complexity index is 1760. The largest absolute Gasteiger partial charge is 0.476 e. The average Bonchev–Trinajstić information content (AvgIpc) is 3.25. The number of benzene rings is 4. The van der Waals surface area contributed by atoms with E-state index in [1.165, 1.54) is 4.31 Å². The molecule has 4 aromatic carbocycles. The Hall–Kier alpha value is -4.30. The Balaban J connectivity index is 1.30. The summed E-state index contributed by atoms with van der Waals surface area (Å²) >= 11 is 0. The lowest BCUT2D eigenvalue weighted by Gasteiger charge is -2.34. The number of aromatic nitrogens is 1. The highest BCUT2D eigenvalue weighted by atomic mass is 32.2. The van der Waals surface area contributed by atoms with Gasteiger partial charge in [-0.25, -0.2) is 8.42 Å². The molecular weight excluding hydrogens is 498 g/mol. The Kier molecular flexibility index (Phi) is 6.04. The summed E-state index contributed by atoms with van der Waals surface area (Å²) in [7, 11) is -3.77.